The van der Waals surface area contributed by atoms with Gasteiger partial charge in [0.1, 0.15) is 11.4 Å². The lowest BCUT2D eigenvalue weighted by molar-refractivity contribution is -0.384. The molecule has 1 heterocycles. The number of hydrogen-bond acceptors (Lipinski definition) is 6. The maximum atomic E-state index is 12.0. The largest absolute Gasteiger partial charge is 0.497 e. The van der Waals surface area contributed by atoms with Crippen molar-refractivity contribution in [3.63, 3.8) is 0 Å². The highest BCUT2D eigenvalue weighted by atomic mass is 16.6. The molecule has 7 heteroatoms. The molecule has 0 N–H and O–H groups in total. The zero-order valence-corrected chi connectivity index (χ0v) is 18.5. The smallest absolute Gasteiger partial charge is 0.293 e. The molecule has 0 aliphatic carbocycles. The van der Waals surface area contributed by atoms with Gasteiger partial charge in [-0.05, 0) is 49.0 Å². The third kappa shape index (κ3) is 4.84. The van der Waals surface area contributed by atoms with E-state index in [9.17, 15) is 10.1 Å². The molecule has 166 valence electrons. The van der Waals surface area contributed by atoms with E-state index in [4.69, 9.17) is 4.74 Å². The van der Waals surface area contributed by atoms with Crippen molar-refractivity contribution in [2.24, 2.45) is 0 Å². The fraction of sp³-hybridized carbons (Fsp3) is 0.280. The number of likely N-dealkylation sites (N-methyl/N-ethyl adjacent to an activating group) is 1. The van der Waals surface area contributed by atoms with Crippen LogP contribution in [0.5, 0.6) is 5.75 Å². The molecule has 7 nitrogen and oxygen atoms in total. The van der Waals surface area contributed by atoms with Gasteiger partial charge in [-0.3, -0.25) is 10.1 Å². The maximum absolute atomic E-state index is 12.0. The van der Waals surface area contributed by atoms with E-state index in [1.165, 1.54) is 0 Å². The molecule has 0 saturated carbocycles. The average Bonchev–Trinajstić information content (AvgIpc) is 2.83. The Kier molecular flexibility index (Phi) is 6.56. The zero-order chi connectivity index (χ0) is 22.5. The minimum Gasteiger partial charge on any atom is -0.497 e. The van der Waals surface area contributed by atoms with Crippen molar-refractivity contribution in [3.05, 3.63) is 88.5 Å². The predicted octanol–water partition coefficient (Wildman–Crippen LogP) is 4.69. The lowest BCUT2D eigenvalue weighted by Gasteiger charge is -2.34. The molecule has 1 fully saturated rings. The van der Waals surface area contributed by atoms with Gasteiger partial charge in [-0.15, -0.1) is 0 Å². The lowest BCUT2D eigenvalue weighted by atomic mass is 10.1. The molecule has 0 aromatic heterocycles. The number of benzene rings is 3. The molecule has 1 aliphatic rings. The van der Waals surface area contributed by atoms with Crippen LogP contribution in [0.1, 0.15) is 5.56 Å². The van der Waals surface area contributed by atoms with E-state index in [-0.39, 0.29) is 10.6 Å². The summed E-state index contributed by atoms with van der Waals surface area (Å²) in [5.41, 5.74) is 3.62. The summed E-state index contributed by atoms with van der Waals surface area (Å²) < 4.78 is 5.30. The topological polar surface area (TPSA) is 62.1 Å². The maximum Gasteiger partial charge on any atom is 0.293 e. The number of piperazine rings is 1. The Morgan fingerprint density at radius 1 is 0.969 bits per heavy atom. The number of anilines is 3. The first-order chi connectivity index (χ1) is 15.5. The Labute approximate surface area is 188 Å². The van der Waals surface area contributed by atoms with Gasteiger partial charge in [-0.2, -0.15) is 0 Å². The molecule has 0 bridgehead atoms. The Morgan fingerprint density at radius 3 is 2.28 bits per heavy atom. The number of methoxy groups -OCH3 is 1. The summed E-state index contributed by atoms with van der Waals surface area (Å²) in [6.45, 7) is 4.25. The van der Waals surface area contributed by atoms with Crippen LogP contribution < -0.4 is 14.5 Å². The Morgan fingerprint density at radius 2 is 1.66 bits per heavy atom. The van der Waals surface area contributed by atoms with Crippen LogP contribution in [-0.2, 0) is 6.54 Å². The van der Waals surface area contributed by atoms with Gasteiger partial charge < -0.3 is 19.4 Å². The fourth-order valence-electron chi connectivity index (χ4n) is 3.99. The highest BCUT2D eigenvalue weighted by Gasteiger charge is 2.24. The minimum absolute atomic E-state index is 0.0922. The molecule has 0 amide bonds. The van der Waals surface area contributed by atoms with Crippen LogP contribution in [0.3, 0.4) is 0 Å². The van der Waals surface area contributed by atoms with Crippen LogP contribution in [0, 0.1) is 10.1 Å². The van der Waals surface area contributed by atoms with Gasteiger partial charge >= 0.3 is 0 Å². The summed E-state index contributed by atoms with van der Waals surface area (Å²) in [6, 6.07) is 23.1. The molecular formula is C25H28N4O3. The zero-order valence-electron chi connectivity index (χ0n) is 18.5. The molecule has 3 aromatic rings. The van der Waals surface area contributed by atoms with Gasteiger partial charge in [0.05, 0.1) is 12.0 Å². The first-order valence-electron chi connectivity index (χ1n) is 10.7. The van der Waals surface area contributed by atoms with Crippen molar-refractivity contribution in [1.29, 1.82) is 0 Å². The van der Waals surface area contributed by atoms with Gasteiger partial charge in [-0.1, -0.05) is 30.3 Å². The highest BCUT2D eigenvalue weighted by Crippen LogP contribution is 2.38. The summed E-state index contributed by atoms with van der Waals surface area (Å²) in [7, 11) is 3.74. The standard InChI is InChI=1S/C25H28N4O3/c1-26-14-16-27(17-15-26)22-10-13-24(29(30)31)25(18-22)28(19-20-6-4-3-5-7-20)21-8-11-23(32-2)12-9-21/h3-13,18H,14-17,19H2,1-2H3. The highest BCUT2D eigenvalue weighted by molar-refractivity contribution is 5.76. The minimum atomic E-state index is -0.301. The van der Waals surface area contributed by atoms with E-state index in [0.717, 1.165) is 48.9 Å². The number of nitro benzene ring substituents is 1. The van der Waals surface area contributed by atoms with Crippen molar-refractivity contribution in [3.8, 4) is 5.75 Å². The number of ether oxygens (including phenoxy) is 1. The predicted molar refractivity (Wildman–Crippen MR) is 128 cm³/mol. The van der Waals surface area contributed by atoms with E-state index in [1.807, 2.05) is 71.6 Å². The number of nitrogens with zero attached hydrogens (tertiary/aromatic N) is 4. The van der Waals surface area contributed by atoms with Gasteiger partial charge in [0.25, 0.3) is 5.69 Å². The van der Waals surface area contributed by atoms with Crippen LogP contribution >= 0.6 is 0 Å². The van der Waals surface area contributed by atoms with Gasteiger partial charge in [0, 0.05) is 50.2 Å². The number of rotatable bonds is 7. The third-order valence-electron chi connectivity index (χ3n) is 5.88. The molecule has 1 aliphatic heterocycles. The lowest BCUT2D eigenvalue weighted by Crippen LogP contribution is -2.44. The Bertz CT molecular complexity index is 1050. The second-order valence-corrected chi connectivity index (χ2v) is 7.99. The normalized spacial score (nSPS) is 14.2. The summed E-state index contributed by atoms with van der Waals surface area (Å²) >= 11 is 0. The fourth-order valence-corrected chi connectivity index (χ4v) is 3.99. The van der Waals surface area contributed by atoms with E-state index in [1.54, 1.807) is 13.2 Å². The molecule has 32 heavy (non-hydrogen) atoms. The average molecular weight is 433 g/mol. The van der Waals surface area contributed by atoms with E-state index in [2.05, 4.69) is 16.8 Å². The van der Waals surface area contributed by atoms with Gasteiger partial charge in [-0.25, -0.2) is 0 Å². The molecule has 1 saturated heterocycles. The van der Waals surface area contributed by atoms with E-state index in [0.29, 0.717) is 12.2 Å². The summed E-state index contributed by atoms with van der Waals surface area (Å²) in [4.78, 5) is 18.3. The third-order valence-corrected chi connectivity index (χ3v) is 5.88. The molecule has 3 aromatic carbocycles. The van der Waals surface area contributed by atoms with Gasteiger partial charge in [0.15, 0.2) is 0 Å². The summed E-state index contributed by atoms with van der Waals surface area (Å²) in [6.07, 6.45) is 0. The first kappa shape index (κ1) is 21.6. The Balaban J connectivity index is 1.78. The first-order valence-corrected chi connectivity index (χ1v) is 10.7. The number of nitro groups is 1. The SMILES string of the molecule is COc1ccc(N(Cc2ccccc2)c2cc(N3CCN(C)CC3)ccc2[N+](=O)[O-])cc1. The van der Waals surface area contributed by atoms with Crippen LogP contribution in [0.25, 0.3) is 0 Å². The van der Waals surface area contributed by atoms with Crippen molar-refractivity contribution in [1.82, 2.24) is 4.90 Å². The molecule has 0 unspecified atom stereocenters. The molecule has 0 radical (unpaired) electrons. The van der Waals surface area contributed by atoms with Crippen LogP contribution in [0.2, 0.25) is 0 Å². The number of hydrogen-bond donors (Lipinski definition) is 0. The molecule has 4 rings (SSSR count). The van der Waals surface area contributed by atoms with Crippen molar-refractivity contribution in [2.75, 3.05) is 50.1 Å². The second kappa shape index (κ2) is 9.70. The van der Waals surface area contributed by atoms with Gasteiger partial charge in [0.2, 0.25) is 0 Å². The van der Waals surface area contributed by atoms with E-state index >= 15 is 0 Å². The van der Waals surface area contributed by atoms with Crippen LogP contribution in [-0.4, -0.2) is 50.2 Å². The Hall–Kier alpha value is -3.58. The van der Waals surface area contributed by atoms with Crippen LogP contribution in [0.15, 0.2) is 72.8 Å². The quantitative estimate of drug-likeness (QED) is 0.399. The summed E-state index contributed by atoms with van der Waals surface area (Å²) in [5, 5.41) is 12.0. The summed E-state index contributed by atoms with van der Waals surface area (Å²) in [5.74, 6) is 0.745. The van der Waals surface area contributed by atoms with Crippen molar-refractivity contribution >= 4 is 22.7 Å². The monoisotopic (exact) mass is 432 g/mol. The van der Waals surface area contributed by atoms with Crippen LogP contribution in [0.4, 0.5) is 22.7 Å². The van der Waals surface area contributed by atoms with Crippen molar-refractivity contribution in [2.45, 2.75) is 6.54 Å². The van der Waals surface area contributed by atoms with Crippen molar-refractivity contribution < 1.29 is 9.66 Å². The molecular weight excluding hydrogens is 404 g/mol. The van der Waals surface area contributed by atoms with E-state index < -0.39 is 0 Å². The second-order valence-electron chi connectivity index (χ2n) is 7.99. The molecule has 0 spiro atoms. The molecule has 0 atom stereocenters.